The maximum absolute atomic E-state index is 13.8. The molecular weight excluding hydrogens is 518 g/mol. The van der Waals surface area contributed by atoms with E-state index in [4.69, 9.17) is 4.74 Å². The number of carbonyl (C=O) groups is 1. The Morgan fingerprint density at radius 2 is 1.82 bits per heavy atom. The lowest BCUT2D eigenvalue weighted by molar-refractivity contribution is 0.0269. The Balaban J connectivity index is 1.09. The molecule has 7 nitrogen and oxygen atoms in total. The highest BCUT2D eigenvalue weighted by molar-refractivity contribution is 7.12. The molecular formula is C32H43N5O2S. The van der Waals surface area contributed by atoms with Gasteiger partial charge in [-0.2, -0.15) is 5.10 Å². The van der Waals surface area contributed by atoms with Gasteiger partial charge in [-0.05, 0) is 88.5 Å². The van der Waals surface area contributed by atoms with E-state index < -0.39 is 0 Å². The van der Waals surface area contributed by atoms with Crippen LogP contribution in [0.3, 0.4) is 0 Å². The number of ether oxygens (including phenoxy) is 1. The van der Waals surface area contributed by atoms with Crippen LogP contribution in [0.5, 0.6) is 5.88 Å². The number of hydrogen-bond donors (Lipinski definition) is 0. The summed E-state index contributed by atoms with van der Waals surface area (Å²) in [6.45, 7) is 14.3. The molecule has 1 saturated carbocycles. The summed E-state index contributed by atoms with van der Waals surface area (Å²) in [7, 11) is 1.66. The summed E-state index contributed by atoms with van der Waals surface area (Å²) in [6.07, 6.45) is 8.16. The first-order valence-electron chi connectivity index (χ1n) is 14.9. The number of amides is 1. The molecule has 2 fully saturated rings. The third kappa shape index (κ3) is 4.98. The molecule has 1 aliphatic carbocycles. The van der Waals surface area contributed by atoms with Crippen LogP contribution in [0.2, 0.25) is 0 Å². The van der Waals surface area contributed by atoms with Crippen LogP contribution in [-0.2, 0) is 13.0 Å². The predicted molar refractivity (Wildman–Crippen MR) is 159 cm³/mol. The second-order valence-corrected chi connectivity index (χ2v) is 13.5. The summed E-state index contributed by atoms with van der Waals surface area (Å²) >= 11 is 1.91. The lowest BCUT2D eigenvalue weighted by Gasteiger charge is -2.47. The summed E-state index contributed by atoms with van der Waals surface area (Å²) < 4.78 is 7.74. The summed E-state index contributed by atoms with van der Waals surface area (Å²) in [6, 6.07) is 5.42. The maximum atomic E-state index is 13.8. The van der Waals surface area contributed by atoms with Crippen LogP contribution in [-0.4, -0.2) is 63.3 Å². The summed E-state index contributed by atoms with van der Waals surface area (Å²) in [5.74, 6) is 1.99. The Morgan fingerprint density at radius 3 is 2.50 bits per heavy atom. The molecule has 0 N–H and O–H groups in total. The quantitative estimate of drug-likeness (QED) is 0.354. The van der Waals surface area contributed by atoms with E-state index in [1.165, 1.54) is 41.0 Å². The van der Waals surface area contributed by atoms with Crippen molar-refractivity contribution in [3.63, 3.8) is 0 Å². The van der Waals surface area contributed by atoms with Crippen molar-refractivity contribution < 1.29 is 9.53 Å². The van der Waals surface area contributed by atoms with Crippen LogP contribution in [0.15, 0.2) is 18.3 Å². The fraction of sp³-hybridized carbons (Fsp3) is 0.594. The molecule has 0 aromatic carbocycles. The van der Waals surface area contributed by atoms with Gasteiger partial charge < -0.3 is 9.64 Å². The molecule has 3 aromatic heterocycles. The lowest BCUT2D eigenvalue weighted by Crippen LogP contribution is -2.53. The molecule has 0 radical (unpaired) electrons. The zero-order chi connectivity index (χ0) is 28.1. The van der Waals surface area contributed by atoms with Crippen LogP contribution < -0.4 is 4.74 Å². The van der Waals surface area contributed by atoms with Gasteiger partial charge in [-0.3, -0.25) is 14.4 Å². The Kier molecular flexibility index (Phi) is 7.51. The van der Waals surface area contributed by atoms with Gasteiger partial charge in [-0.15, -0.1) is 11.3 Å². The zero-order valence-corrected chi connectivity index (χ0v) is 25.7. The largest absolute Gasteiger partial charge is 0.481 e. The Hall–Kier alpha value is -2.71. The Morgan fingerprint density at radius 1 is 1.07 bits per heavy atom. The number of hydrogen-bond acceptors (Lipinski definition) is 6. The van der Waals surface area contributed by atoms with Gasteiger partial charge in [0, 0.05) is 59.3 Å². The Labute approximate surface area is 242 Å². The van der Waals surface area contributed by atoms with Gasteiger partial charge in [0.25, 0.3) is 5.91 Å². The van der Waals surface area contributed by atoms with E-state index in [1.807, 2.05) is 23.2 Å². The molecule has 0 spiro atoms. The number of fused-ring (bicyclic) bond motifs is 1. The highest BCUT2D eigenvalue weighted by Crippen LogP contribution is 2.44. The van der Waals surface area contributed by atoms with E-state index in [-0.39, 0.29) is 5.91 Å². The van der Waals surface area contributed by atoms with Crippen LogP contribution in [0.4, 0.5) is 0 Å². The van der Waals surface area contributed by atoms with E-state index in [2.05, 4.69) is 65.7 Å². The predicted octanol–water partition coefficient (Wildman–Crippen LogP) is 6.00. The van der Waals surface area contributed by atoms with Gasteiger partial charge >= 0.3 is 0 Å². The zero-order valence-electron chi connectivity index (χ0n) is 24.9. The number of pyridine rings is 1. The molecule has 5 heterocycles. The van der Waals surface area contributed by atoms with Crippen molar-refractivity contribution in [1.29, 1.82) is 0 Å². The number of methoxy groups -OCH3 is 1. The minimum absolute atomic E-state index is 0.166. The average molecular weight is 562 g/mol. The summed E-state index contributed by atoms with van der Waals surface area (Å²) in [4.78, 5) is 25.7. The van der Waals surface area contributed by atoms with Crippen molar-refractivity contribution in [3.8, 4) is 5.88 Å². The number of rotatable bonds is 7. The highest BCUT2D eigenvalue weighted by atomic mass is 32.1. The van der Waals surface area contributed by atoms with E-state index in [9.17, 15) is 4.79 Å². The molecule has 1 amide bonds. The van der Waals surface area contributed by atoms with Crippen LogP contribution in [0.1, 0.15) is 92.8 Å². The third-order valence-electron chi connectivity index (χ3n) is 9.73. The van der Waals surface area contributed by atoms with E-state index in [0.717, 1.165) is 54.1 Å². The molecule has 2 aliphatic heterocycles. The molecule has 0 bridgehead atoms. The van der Waals surface area contributed by atoms with Gasteiger partial charge in [0.15, 0.2) is 0 Å². The minimum Gasteiger partial charge on any atom is -0.481 e. The van der Waals surface area contributed by atoms with Crippen LogP contribution >= 0.6 is 11.3 Å². The number of aryl methyl sites for hydroxylation is 3. The number of likely N-dealkylation sites (tertiary alicyclic amines) is 1. The molecule has 1 unspecified atom stereocenters. The number of thiophene rings is 1. The second kappa shape index (κ2) is 10.9. The van der Waals surface area contributed by atoms with Crippen molar-refractivity contribution in [2.24, 2.45) is 5.92 Å². The molecule has 3 aromatic rings. The first-order valence-corrected chi connectivity index (χ1v) is 15.7. The molecule has 214 valence electrons. The fourth-order valence-corrected chi connectivity index (χ4v) is 8.72. The molecule has 40 heavy (non-hydrogen) atoms. The molecule has 1 atom stereocenters. The van der Waals surface area contributed by atoms with Gasteiger partial charge in [0.2, 0.25) is 5.88 Å². The highest BCUT2D eigenvalue weighted by Gasteiger charge is 2.38. The minimum atomic E-state index is 0.166. The standard InChI is InChI=1S/C32H43N5O2S/c1-19-15-21(3)33-31(39-6)27(19)18-35-13-12-28-29(32(35)38)23(5)30(40-28)22(4)24-7-9-25(10-8-24)36-16-26(17-36)37-14-11-20(2)34-37/h11,14-15,22,24-26H,7-10,12-13,16-18H2,1-6H3. The van der Waals surface area contributed by atoms with Gasteiger partial charge in [-0.1, -0.05) is 6.92 Å². The van der Waals surface area contributed by atoms with E-state index in [0.29, 0.717) is 36.3 Å². The molecule has 3 aliphatic rings. The van der Waals surface area contributed by atoms with Gasteiger partial charge in [-0.25, -0.2) is 4.98 Å². The third-order valence-corrected chi connectivity index (χ3v) is 11.3. The second-order valence-electron chi connectivity index (χ2n) is 12.3. The monoisotopic (exact) mass is 561 g/mol. The number of nitrogens with zero attached hydrogens (tertiary/aromatic N) is 5. The smallest absolute Gasteiger partial charge is 0.255 e. The van der Waals surface area contributed by atoms with Gasteiger partial charge in [0.05, 0.1) is 31.0 Å². The van der Waals surface area contributed by atoms with Crippen molar-refractivity contribution in [1.82, 2.24) is 24.6 Å². The summed E-state index contributed by atoms with van der Waals surface area (Å²) in [5, 5.41) is 4.62. The summed E-state index contributed by atoms with van der Waals surface area (Å²) in [5.41, 5.74) is 6.35. The SMILES string of the molecule is COc1nc(C)cc(C)c1CN1CCc2sc(C(C)C3CCC(N4CC(n5ccc(C)n5)C4)CC3)c(C)c2C1=O. The normalized spacial score (nSPS) is 22.8. The van der Waals surface area contributed by atoms with Crippen LogP contribution in [0.25, 0.3) is 0 Å². The number of aromatic nitrogens is 3. The Bertz CT molecular complexity index is 1400. The molecule has 1 saturated heterocycles. The molecule has 6 rings (SSSR count). The van der Waals surface area contributed by atoms with Crippen molar-refractivity contribution in [3.05, 3.63) is 61.7 Å². The molecule has 8 heteroatoms. The van der Waals surface area contributed by atoms with Gasteiger partial charge in [0.1, 0.15) is 0 Å². The van der Waals surface area contributed by atoms with Crippen molar-refractivity contribution in [2.45, 2.75) is 91.3 Å². The lowest BCUT2D eigenvalue weighted by atomic mass is 9.76. The van der Waals surface area contributed by atoms with Crippen LogP contribution in [0, 0.1) is 33.6 Å². The van der Waals surface area contributed by atoms with Crippen molar-refractivity contribution >= 4 is 17.2 Å². The topological polar surface area (TPSA) is 63.5 Å². The number of carbonyl (C=O) groups excluding carboxylic acids is 1. The first kappa shape index (κ1) is 27.5. The first-order chi connectivity index (χ1) is 19.2. The van der Waals surface area contributed by atoms with E-state index in [1.54, 1.807) is 7.11 Å². The average Bonchev–Trinajstić information content (AvgIpc) is 3.49. The van der Waals surface area contributed by atoms with E-state index >= 15 is 0 Å². The maximum Gasteiger partial charge on any atom is 0.255 e. The fourth-order valence-electron chi connectivity index (χ4n) is 7.28. The van der Waals surface area contributed by atoms with Crippen molar-refractivity contribution in [2.75, 3.05) is 26.7 Å².